The number of nitrogens with one attached hydrogen (secondary N) is 1. The van der Waals surface area contributed by atoms with E-state index in [4.69, 9.17) is 0 Å². The van der Waals surface area contributed by atoms with Crippen molar-refractivity contribution in [2.75, 3.05) is 6.54 Å². The molecule has 0 radical (unpaired) electrons. The average molecular weight is 231 g/mol. The topological polar surface area (TPSA) is 12.0 Å². The van der Waals surface area contributed by atoms with Crippen LogP contribution in [0.1, 0.15) is 38.8 Å². The molecule has 0 atom stereocenters. The Morgan fingerprint density at radius 3 is 2.35 bits per heavy atom. The van der Waals surface area contributed by atoms with Gasteiger partial charge in [0.1, 0.15) is 0 Å². The van der Waals surface area contributed by atoms with Gasteiger partial charge in [0.05, 0.1) is 0 Å². The lowest BCUT2D eigenvalue weighted by atomic mass is 9.98. The van der Waals surface area contributed by atoms with Crippen LogP contribution in [0.5, 0.6) is 0 Å². The second-order valence-corrected chi connectivity index (χ2v) is 5.27. The molecule has 1 rings (SSSR count). The van der Waals surface area contributed by atoms with Crippen LogP contribution in [0.3, 0.4) is 0 Å². The minimum atomic E-state index is 0.536. The quantitative estimate of drug-likeness (QED) is 0.806. The predicted octanol–water partition coefficient (Wildman–Crippen LogP) is 4.03. The Bertz CT molecular complexity index is 375. The van der Waals surface area contributed by atoms with Crippen molar-refractivity contribution in [2.24, 2.45) is 5.92 Å². The summed E-state index contributed by atoms with van der Waals surface area (Å²) in [6, 6.07) is 9.09. The third-order valence-electron chi connectivity index (χ3n) is 2.99. The minimum absolute atomic E-state index is 0.536. The van der Waals surface area contributed by atoms with Crippen LogP contribution in [0.15, 0.2) is 29.8 Å². The lowest BCUT2D eigenvalue weighted by molar-refractivity contribution is 0.593. The van der Waals surface area contributed by atoms with Gasteiger partial charge in [-0.2, -0.15) is 0 Å². The summed E-state index contributed by atoms with van der Waals surface area (Å²) in [7, 11) is 0. The summed E-state index contributed by atoms with van der Waals surface area (Å²) in [5.41, 5.74) is 4.14. The zero-order valence-electron chi connectivity index (χ0n) is 11.7. The van der Waals surface area contributed by atoms with E-state index >= 15 is 0 Å². The second-order valence-electron chi connectivity index (χ2n) is 5.27. The molecule has 0 aliphatic rings. The molecule has 0 aliphatic carbocycles. The van der Waals surface area contributed by atoms with Gasteiger partial charge in [-0.25, -0.2) is 0 Å². The van der Waals surface area contributed by atoms with Gasteiger partial charge in [0, 0.05) is 12.6 Å². The highest BCUT2D eigenvalue weighted by Crippen LogP contribution is 2.16. The number of rotatable bonds is 5. The van der Waals surface area contributed by atoms with Crippen molar-refractivity contribution in [1.82, 2.24) is 5.32 Å². The smallest absolute Gasteiger partial charge is 0.0172 e. The maximum Gasteiger partial charge on any atom is 0.0172 e. The Balaban J connectivity index is 2.87. The first-order chi connectivity index (χ1) is 8.00. The average Bonchev–Trinajstić information content (AvgIpc) is 2.25. The van der Waals surface area contributed by atoms with E-state index in [0.29, 0.717) is 12.0 Å². The highest BCUT2D eigenvalue weighted by atomic mass is 14.9. The molecule has 1 aromatic rings. The van der Waals surface area contributed by atoms with Crippen molar-refractivity contribution >= 4 is 6.08 Å². The van der Waals surface area contributed by atoms with E-state index in [0.717, 1.165) is 6.54 Å². The molecule has 17 heavy (non-hydrogen) atoms. The molecule has 1 nitrogen and oxygen atoms in total. The Morgan fingerprint density at radius 2 is 1.82 bits per heavy atom. The minimum Gasteiger partial charge on any atom is -0.311 e. The van der Waals surface area contributed by atoms with E-state index < -0.39 is 0 Å². The monoisotopic (exact) mass is 231 g/mol. The van der Waals surface area contributed by atoms with E-state index in [1.807, 2.05) is 0 Å². The molecule has 0 amide bonds. The van der Waals surface area contributed by atoms with E-state index in [-0.39, 0.29) is 0 Å². The summed E-state index contributed by atoms with van der Waals surface area (Å²) >= 11 is 0. The standard InChI is InChI=1S/C16H25N/c1-12(2)16(11-17-13(3)4)10-15-9-7-6-8-14(15)5/h6-10,12-13,17H,11H2,1-5H3. The number of hydrogen-bond donors (Lipinski definition) is 1. The van der Waals surface area contributed by atoms with E-state index in [9.17, 15) is 0 Å². The van der Waals surface area contributed by atoms with E-state index in [2.05, 4.69) is 70.3 Å². The Morgan fingerprint density at radius 1 is 1.18 bits per heavy atom. The molecule has 94 valence electrons. The van der Waals surface area contributed by atoms with Crippen LogP contribution in [-0.4, -0.2) is 12.6 Å². The Labute approximate surface area is 106 Å². The highest BCUT2D eigenvalue weighted by Gasteiger charge is 2.05. The van der Waals surface area contributed by atoms with Gasteiger partial charge in [-0.3, -0.25) is 0 Å². The number of aryl methyl sites for hydroxylation is 1. The summed E-state index contributed by atoms with van der Waals surface area (Å²) in [4.78, 5) is 0. The van der Waals surface area contributed by atoms with Gasteiger partial charge in [0.15, 0.2) is 0 Å². The first kappa shape index (κ1) is 14.0. The molecule has 1 heteroatoms. The molecule has 0 aliphatic heterocycles. The molecule has 0 bridgehead atoms. The van der Waals surface area contributed by atoms with Crippen LogP contribution in [-0.2, 0) is 0 Å². The first-order valence-electron chi connectivity index (χ1n) is 6.50. The van der Waals surface area contributed by atoms with Crippen LogP contribution < -0.4 is 5.32 Å². The zero-order valence-corrected chi connectivity index (χ0v) is 11.7. The fraction of sp³-hybridized carbons (Fsp3) is 0.500. The van der Waals surface area contributed by atoms with Gasteiger partial charge in [0.2, 0.25) is 0 Å². The molecular weight excluding hydrogens is 206 g/mol. The molecule has 0 spiro atoms. The molecule has 0 fully saturated rings. The van der Waals surface area contributed by atoms with E-state index in [1.54, 1.807) is 0 Å². The van der Waals surface area contributed by atoms with Gasteiger partial charge < -0.3 is 5.32 Å². The van der Waals surface area contributed by atoms with Crippen molar-refractivity contribution in [3.8, 4) is 0 Å². The van der Waals surface area contributed by atoms with Crippen LogP contribution >= 0.6 is 0 Å². The summed E-state index contributed by atoms with van der Waals surface area (Å²) in [5, 5.41) is 3.50. The van der Waals surface area contributed by atoms with Crippen LogP contribution in [0.25, 0.3) is 6.08 Å². The normalized spacial score (nSPS) is 12.5. The van der Waals surface area contributed by atoms with Crippen molar-refractivity contribution in [1.29, 1.82) is 0 Å². The van der Waals surface area contributed by atoms with E-state index in [1.165, 1.54) is 16.7 Å². The molecule has 0 heterocycles. The van der Waals surface area contributed by atoms with Crippen molar-refractivity contribution in [3.05, 3.63) is 41.0 Å². The third kappa shape index (κ3) is 4.74. The number of hydrogen-bond acceptors (Lipinski definition) is 1. The predicted molar refractivity (Wildman–Crippen MR) is 77.1 cm³/mol. The SMILES string of the molecule is Cc1ccccc1C=C(CNC(C)C)C(C)C. The maximum atomic E-state index is 3.50. The van der Waals surface area contributed by atoms with Crippen molar-refractivity contribution in [2.45, 2.75) is 40.7 Å². The van der Waals surface area contributed by atoms with Crippen molar-refractivity contribution < 1.29 is 0 Å². The summed E-state index contributed by atoms with van der Waals surface area (Å²) < 4.78 is 0. The van der Waals surface area contributed by atoms with Crippen LogP contribution in [0, 0.1) is 12.8 Å². The lowest BCUT2D eigenvalue weighted by Crippen LogP contribution is -2.26. The molecular formula is C16H25N. The molecule has 0 saturated carbocycles. The zero-order chi connectivity index (χ0) is 12.8. The van der Waals surface area contributed by atoms with Crippen LogP contribution in [0.2, 0.25) is 0 Å². The summed E-state index contributed by atoms with van der Waals surface area (Å²) in [6.07, 6.45) is 2.33. The fourth-order valence-corrected chi connectivity index (χ4v) is 1.69. The molecule has 0 saturated heterocycles. The molecule has 0 aromatic heterocycles. The maximum absolute atomic E-state index is 3.50. The van der Waals surface area contributed by atoms with Crippen LogP contribution in [0.4, 0.5) is 0 Å². The molecule has 1 N–H and O–H groups in total. The first-order valence-corrected chi connectivity index (χ1v) is 6.50. The largest absolute Gasteiger partial charge is 0.311 e. The van der Waals surface area contributed by atoms with Crippen molar-refractivity contribution in [3.63, 3.8) is 0 Å². The van der Waals surface area contributed by atoms with Gasteiger partial charge in [0.25, 0.3) is 0 Å². The highest BCUT2D eigenvalue weighted by molar-refractivity contribution is 5.57. The van der Waals surface area contributed by atoms with Gasteiger partial charge in [-0.15, -0.1) is 0 Å². The Hall–Kier alpha value is -1.08. The third-order valence-corrected chi connectivity index (χ3v) is 2.99. The number of benzene rings is 1. The second kappa shape index (κ2) is 6.61. The lowest BCUT2D eigenvalue weighted by Gasteiger charge is -2.15. The van der Waals surface area contributed by atoms with Gasteiger partial charge in [-0.1, -0.05) is 63.6 Å². The van der Waals surface area contributed by atoms with Gasteiger partial charge >= 0.3 is 0 Å². The molecule has 1 aromatic carbocycles. The molecule has 0 unspecified atom stereocenters. The summed E-state index contributed by atoms with van der Waals surface area (Å²) in [5.74, 6) is 0.584. The Kier molecular flexibility index (Phi) is 5.43. The van der Waals surface area contributed by atoms with Gasteiger partial charge in [-0.05, 0) is 24.0 Å². The fourth-order valence-electron chi connectivity index (χ4n) is 1.69. The summed E-state index contributed by atoms with van der Waals surface area (Å²) in [6.45, 7) is 12.0.